The van der Waals surface area contributed by atoms with E-state index in [0.29, 0.717) is 0 Å². The van der Waals surface area contributed by atoms with Gasteiger partial charge in [0, 0.05) is 25.8 Å². The molecule has 0 rings (SSSR count). The van der Waals surface area contributed by atoms with E-state index in [1.807, 2.05) is 0 Å². The predicted molar refractivity (Wildman–Crippen MR) is 18.2 cm³/mol. The Morgan fingerprint density at radius 3 is 1.25 bits per heavy atom. The van der Waals surface area contributed by atoms with Crippen LogP contribution in [0.4, 0.5) is 0 Å². The molecule has 0 spiro atoms. The van der Waals surface area contributed by atoms with Gasteiger partial charge in [-0.3, -0.25) is 0 Å². The summed E-state index contributed by atoms with van der Waals surface area (Å²) in [6.45, 7) is 0. The minimum atomic E-state index is 0. The molecule has 0 aliphatic carbocycles. The average molecular weight is 220 g/mol. The molecule has 0 N–H and O–H groups in total. The maximum Gasteiger partial charge on any atom is 0.237 e. The Bertz CT molecular complexity index is 6.00. The molecule has 0 amide bonds. The van der Waals surface area contributed by atoms with Gasteiger partial charge in [-0.1, -0.05) is 0 Å². The second-order valence-corrected chi connectivity index (χ2v) is 0.408. The van der Waals surface area contributed by atoms with Crippen molar-refractivity contribution in [2.45, 2.75) is 0 Å². The van der Waals surface area contributed by atoms with Crippen LogP contribution in [0.25, 0.3) is 0 Å². The Balaban J connectivity index is 0. The zero-order valence-electron chi connectivity index (χ0n) is 2.91. The third-order valence-corrected chi connectivity index (χ3v) is 0. The second-order valence-electron chi connectivity index (χ2n) is 0.408. The van der Waals surface area contributed by atoms with Gasteiger partial charge in [0.2, 0.25) is 16.1 Å². The first kappa shape index (κ1) is 8.88. The Morgan fingerprint density at radius 2 is 1.25 bits per heavy atom. The van der Waals surface area contributed by atoms with Crippen molar-refractivity contribution in [1.82, 2.24) is 0 Å². The van der Waals surface area contributed by atoms with Crippen LogP contribution in [0.15, 0.2) is 0 Å². The third-order valence-electron chi connectivity index (χ3n) is 0. The minimum Gasteiger partial charge on any atom is -0.509 e. The summed E-state index contributed by atoms with van der Waals surface area (Å²) >= 11 is 0. The van der Waals surface area contributed by atoms with E-state index in [2.05, 4.69) is 4.57 Å². The van der Waals surface area contributed by atoms with Gasteiger partial charge in [-0.15, -0.1) is 0 Å². The monoisotopic (exact) mass is 222 g/mol. The summed E-state index contributed by atoms with van der Waals surface area (Å²) in [5, 5.41) is 0. The molecule has 0 aromatic carbocycles. The molecule has 0 atom stereocenters. The van der Waals surface area contributed by atoms with E-state index in [4.69, 9.17) is 0 Å². The summed E-state index contributed by atoms with van der Waals surface area (Å²) in [5.74, 6) is 0. The van der Waals surface area contributed by atoms with E-state index < -0.39 is 0 Å². The molecule has 0 aromatic heterocycles. The number of hydrogen-bond acceptors (Lipinski definition) is 1. The summed E-state index contributed by atoms with van der Waals surface area (Å²) in [4.78, 5) is 0. The minimum absolute atomic E-state index is 0. The standard InChI is InChI=1S/B2H4O.Hf/c1-3-2;/h1-2H2;. The van der Waals surface area contributed by atoms with Crippen LogP contribution < -0.4 is 0 Å². The van der Waals surface area contributed by atoms with E-state index in [-0.39, 0.29) is 25.8 Å². The topological polar surface area (TPSA) is 9.23 Å². The number of rotatable bonds is 0. The van der Waals surface area contributed by atoms with E-state index >= 15 is 0 Å². The fourth-order valence-electron chi connectivity index (χ4n) is 0. The van der Waals surface area contributed by atoms with Gasteiger partial charge in [-0.05, 0) is 0 Å². The van der Waals surface area contributed by atoms with Crippen molar-refractivity contribution in [2.24, 2.45) is 0 Å². The van der Waals surface area contributed by atoms with Crippen LogP contribution in [0.1, 0.15) is 0 Å². The van der Waals surface area contributed by atoms with Crippen LogP contribution in [0, 0.1) is 0 Å². The van der Waals surface area contributed by atoms with Crippen molar-refractivity contribution < 1.29 is 30.4 Å². The summed E-state index contributed by atoms with van der Waals surface area (Å²) < 4.78 is 4.25. The van der Waals surface area contributed by atoms with E-state index in [1.54, 1.807) is 16.1 Å². The van der Waals surface area contributed by atoms with Crippen molar-refractivity contribution in [1.29, 1.82) is 0 Å². The van der Waals surface area contributed by atoms with Gasteiger partial charge in [0.1, 0.15) is 0 Å². The third kappa shape index (κ3) is 12.3. The smallest absolute Gasteiger partial charge is 0.237 e. The molecular weight excluding hydrogens is 216 g/mol. The summed E-state index contributed by atoms with van der Waals surface area (Å²) in [5.41, 5.74) is 0. The Hall–Kier alpha value is 0.960. The first-order valence-corrected chi connectivity index (χ1v) is 0.816. The van der Waals surface area contributed by atoms with Crippen LogP contribution in [0.5, 0.6) is 0 Å². The van der Waals surface area contributed by atoms with Crippen molar-refractivity contribution in [3.8, 4) is 0 Å². The molecule has 1 nitrogen and oxygen atoms in total. The fourth-order valence-corrected chi connectivity index (χ4v) is 0. The van der Waals surface area contributed by atoms with Gasteiger partial charge in [0.15, 0.2) is 0 Å². The largest absolute Gasteiger partial charge is 0.509 e. The Morgan fingerprint density at radius 1 is 1.25 bits per heavy atom. The maximum absolute atomic E-state index is 4.25. The molecule has 0 aromatic rings. The summed E-state index contributed by atoms with van der Waals surface area (Å²) in [7, 11) is 3.25. The van der Waals surface area contributed by atoms with Crippen LogP contribution in [0.2, 0.25) is 0 Å². The molecule has 4 heteroatoms. The molecule has 0 aliphatic rings. The predicted octanol–water partition coefficient (Wildman–Crippen LogP) is -1.90. The number of hydrogen-bond donors (Lipinski definition) is 0. The molecule has 0 bridgehead atoms. The molecule has 0 saturated carbocycles. The van der Waals surface area contributed by atoms with E-state index in [9.17, 15) is 0 Å². The fraction of sp³-hybridized carbons (Fsp3) is 0. The van der Waals surface area contributed by atoms with Gasteiger partial charge in [0.05, 0.1) is 0 Å². The van der Waals surface area contributed by atoms with Crippen LogP contribution in [0.3, 0.4) is 0 Å². The average Bonchev–Trinajstić information content (AvgIpc) is 0.918. The van der Waals surface area contributed by atoms with Crippen molar-refractivity contribution in [3.63, 3.8) is 0 Å². The molecule has 0 radical (unpaired) electrons. The van der Waals surface area contributed by atoms with Gasteiger partial charge >= 0.3 is 0 Å². The SMILES string of the molecule is BOB.[Hf]. The van der Waals surface area contributed by atoms with Gasteiger partial charge in [-0.25, -0.2) is 0 Å². The molecular formula is H4B2HfO. The summed E-state index contributed by atoms with van der Waals surface area (Å²) in [6.07, 6.45) is 0. The quantitative estimate of drug-likeness (QED) is 0.433. The van der Waals surface area contributed by atoms with Gasteiger partial charge < -0.3 is 4.57 Å². The molecule has 4 heavy (non-hydrogen) atoms. The zero-order chi connectivity index (χ0) is 2.71. The maximum atomic E-state index is 4.25. The van der Waals surface area contributed by atoms with E-state index in [0.717, 1.165) is 0 Å². The molecule has 0 aliphatic heterocycles. The van der Waals surface area contributed by atoms with Crippen LogP contribution in [-0.4, -0.2) is 16.1 Å². The normalized spacial score (nSPS) is 4.00. The van der Waals surface area contributed by atoms with E-state index in [1.165, 1.54) is 0 Å². The Labute approximate surface area is 46.8 Å². The molecule has 0 heterocycles. The second kappa shape index (κ2) is 9.03. The van der Waals surface area contributed by atoms with Crippen molar-refractivity contribution in [2.75, 3.05) is 0 Å². The van der Waals surface area contributed by atoms with Crippen LogP contribution in [-0.2, 0) is 30.4 Å². The molecule has 0 fully saturated rings. The van der Waals surface area contributed by atoms with Gasteiger partial charge in [0.25, 0.3) is 0 Å². The first-order valence-electron chi connectivity index (χ1n) is 0.816. The molecule has 0 saturated heterocycles. The molecule has 0 unspecified atom stereocenters. The molecule has 20 valence electrons. The Kier molecular flexibility index (Phi) is 20.0. The van der Waals surface area contributed by atoms with Crippen molar-refractivity contribution >= 4 is 16.1 Å². The zero-order valence-corrected chi connectivity index (χ0v) is 6.50. The van der Waals surface area contributed by atoms with Crippen molar-refractivity contribution in [3.05, 3.63) is 0 Å². The first-order chi connectivity index (χ1) is 1.41. The van der Waals surface area contributed by atoms with Gasteiger partial charge in [-0.2, -0.15) is 0 Å². The van der Waals surface area contributed by atoms with Crippen LogP contribution >= 0.6 is 0 Å². The summed E-state index contributed by atoms with van der Waals surface area (Å²) in [6, 6.07) is 0.